The van der Waals surface area contributed by atoms with Crippen LogP contribution < -0.4 is 10.1 Å². The van der Waals surface area contributed by atoms with E-state index in [-0.39, 0.29) is 5.91 Å². The second kappa shape index (κ2) is 5.04. The number of anilines is 1. The third-order valence-corrected chi connectivity index (χ3v) is 5.81. The summed E-state index contributed by atoms with van der Waals surface area (Å²) >= 11 is 12.2. The lowest BCUT2D eigenvalue weighted by Crippen LogP contribution is -2.26. The van der Waals surface area contributed by atoms with Crippen molar-refractivity contribution in [2.24, 2.45) is 5.41 Å². The number of carbonyl (C=O) groups excluding carboxylic acids is 1. The minimum atomic E-state index is -1.02. The van der Waals surface area contributed by atoms with Gasteiger partial charge in [0, 0.05) is 16.8 Å². The van der Waals surface area contributed by atoms with Crippen molar-refractivity contribution in [3.8, 4) is 5.75 Å². The van der Waals surface area contributed by atoms with E-state index in [1.807, 2.05) is 30.3 Å². The Hall–Kier alpha value is -1.91. The van der Waals surface area contributed by atoms with Crippen LogP contribution in [0.4, 0.5) is 5.69 Å². The summed E-state index contributed by atoms with van der Waals surface area (Å²) in [4.78, 5) is 12.5. The second-order valence-corrected chi connectivity index (χ2v) is 7.80. The number of carbonyl (C=O) groups is 1. The number of nitrogens with one attached hydrogen (secondary N) is 1. The maximum Gasteiger partial charge on any atom is 0.233 e. The Kier molecular flexibility index (Phi) is 3.28. The highest BCUT2D eigenvalue weighted by Gasteiger charge is 2.68. The lowest BCUT2D eigenvalue weighted by atomic mass is 10.1. The molecule has 1 amide bonds. The number of hydrogen-bond donors (Lipinski definition) is 1. The highest BCUT2D eigenvalue weighted by molar-refractivity contribution is 6.53. The highest BCUT2D eigenvalue weighted by Crippen LogP contribution is 2.64. The van der Waals surface area contributed by atoms with Crippen LogP contribution in [0.25, 0.3) is 21.9 Å². The maximum atomic E-state index is 12.5. The normalized spacial score (nSPS) is 21.8. The summed E-state index contributed by atoms with van der Waals surface area (Å²) in [6.07, 6.45) is 0.421. The zero-order chi connectivity index (χ0) is 17.1. The molecule has 1 unspecified atom stereocenters. The van der Waals surface area contributed by atoms with Crippen LogP contribution in [-0.4, -0.2) is 17.4 Å². The van der Waals surface area contributed by atoms with Crippen LogP contribution in [0.3, 0.4) is 0 Å². The number of ether oxygens (including phenoxy) is 1. The number of para-hydroxylation sites is 1. The van der Waals surface area contributed by atoms with Crippen molar-refractivity contribution in [2.45, 2.75) is 17.7 Å². The molecular weight excluding hydrogens is 349 g/mol. The van der Waals surface area contributed by atoms with Gasteiger partial charge in [-0.25, -0.2) is 0 Å². The van der Waals surface area contributed by atoms with E-state index in [1.54, 1.807) is 20.1 Å². The van der Waals surface area contributed by atoms with E-state index >= 15 is 0 Å². The summed E-state index contributed by atoms with van der Waals surface area (Å²) in [6, 6.07) is 11.4. The molecule has 1 aliphatic rings. The number of benzene rings is 2. The van der Waals surface area contributed by atoms with Crippen molar-refractivity contribution in [3.05, 3.63) is 36.4 Å². The van der Waals surface area contributed by atoms with E-state index in [1.165, 1.54) is 0 Å². The molecule has 0 bridgehead atoms. The van der Waals surface area contributed by atoms with Crippen LogP contribution in [0.2, 0.25) is 0 Å². The Morgan fingerprint density at radius 2 is 1.92 bits per heavy atom. The van der Waals surface area contributed by atoms with Gasteiger partial charge in [-0.2, -0.15) is 0 Å². The van der Waals surface area contributed by atoms with Crippen LogP contribution >= 0.6 is 23.2 Å². The molecule has 3 aromatic rings. The number of methoxy groups -OCH3 is 1. The van der Waals surface area contributed by atoms with Gasteiger partial charge in [-0.3, -0.25) is 4.79 Å². The van der Waals surface area contributed by atoms with Crippen LogP contribution in [-0.2, 0) is 4.79 Å². The van der Waals surface area contributed by atoms with Gasteiger partial charge < -0.3 is 14.5 Å². The Labute approximate surface area is 148 Å². The molecule has 1 fully saturated rings. The monoisotopic (exact) mass is 363 g/mol. The molecule has 1 aromatic heterocycles. The number of furan rings is 1. The first-order valence-corrected chi connectivity index (χ1v) is 8.30. The molecule has 4 nitrogen and oxygen atoms in total. The van der Waals surface area contributed by atoms with Gasteiger partial charge in [-0.1, -0.05) is 18.2 Å². The van der Waals surface area contributed by atoms with Gasteiger partial charge in [-0.05, 0) is 25.5 Å². The molecule has 1 atom stereocenters. The van der Waals surface area contributed by atoms with Gasteiger partial charge in [0.05, 0.1) is 18.2 Å². The molecule has 0 aliphatic heterocycles. The first-order valence-electron chi connectivity index (χ1n) is 7.54. The standard InChI is InChI=1S/C18H15Cl2NO3/c1-17(9-18(17,19)20)16(22)21-12-8-14-11(7-15(12)23-2)10-5-3-4-6-13(10)24-14/h3-8H,9H2,1-2H3,(H,21,22). The molecule has 0 saturated heterocycles. The summed E-state index contributed by atoms with van der Waals surface area (Å²) in [6.45, 7) is 1.74. The molecule has 1 saturated carbocycles. The predicted octanol–water partition coefficient (Wildman–Crippen LogP) is 5.12. The van der Waals surface area contributed by atoms with Crippen LogP contribution in [0.1, 0.15) is 13.3 Å². The summed E-state index contributed by atoms with van der Waals surface area (Å²) in [5, 5.41) is 4.79. The number of alkyl halides is 2. The number of fused-ring (bicyclic) bond motifs is 3. The molecule has 0 spiro atoms. The fourth-order valence-corrected chi connectivity index (χ4v) is 3.63. The van der Waals surface area contributed by atoms with Gasteiger partial charge in [0.25, 0.3) is 0 Å². The highest BCUT2D eigenvalue weighted by atomic mass is 35.5. The molecule has 1 N–H and O–H groups in total. The van der Waals surface area contributed by atoms with Gasteiger partial charge in [0.1, 0.15) is 21.2 Å². The van der Waals surface area contributed by atoms with Crippen LogP contribution in [0.5, 0.6) is 5.75 Å². The van der Waals surface area contributed by atoms with E-state index in [2.05, 4.69) is 5.32 Å². The zero-order valence-corrected chi connectivity index (χ0v) is 14.7. The van der Waals surface area contributed by atoms with E-state index in [4.69, 9.17) is 32.4 Å². The smallest absolute Gasteiger partial charge is 0.233 e. The molecule has 124 valence electrons. The lowest BCUT2D eigenvalue weighted by Gasteiger charge is -2.15. The lowest BCUT2D eigenvalue weighted by molar-refractivity contribution is -0.120. The average Bonchev–Trinajstić information content (AvgIpc) is 2.90. The fourth-order valence-electron chi connectivity index (χ4n) is 2.92. The molecule has 4 rings (SSSR count). The average molecular weight is 364 g/mol. The third-order valence-electron chi connectivity index (χ3n) is 4.71. The number of amides is 1. The zero-order valence-electron chi connectivity index (χ0n) is 13.2. The minimum absolute atomic E-state index is 0.235. The Balaban J connectivity index is 1.78. The van der Waals surface area contributed by atoms with E-state index in [0.29, 0.717) is 23.4 Å². The summed E-state index contributed by atoms with van der Waals surface area (Å²) in [7, 11) is 1.56. The van der Waals surface area contributed by atoms with Crippen LogP contribution in [0.15, 0.2) is 40.8 Å². The fraction of sp³-hybridized carbons (Fsp3) is 0.278. The van der Waals surface area contributed by atoms with Gasteiger partial charge in [0.2, 0.25) is 5.91 Å². The summed E-state index contributed by atoms with van der Waals surface area (Å²) in [5.74, 6) is 0.322. The first-order chi connectivity index (χ1) is 11.4. The van der Waals surface area contributed by atoms with E-state index < -0.39 is 9.75 Å². The Morgan fingerprint density at radius 3 is 2.58 bits per heavy atom. The summed E-state index contributed by atoms with van der Waals surface area (Å²) in [5.41, 5.74) is 1.19. The predicted molar refractivity (Wildman–Crippen MR) is 96.1 cm³/mol. The van der Waals surface area contributed by atoms with Crippen molar-refractivity contribution in [2.75, 3.05) is 12.4 Å². The van der Waals surface area contributed by atoms with E-state index in [0.717, 1.165) is 16.4 Å². The number of halogens is 2. The molecular formula is C18H15Cl2NO3. The Bertz CT molecular complexity index is 979. The number of hydrogen-bond acceptors (Lipinski definition) is 3. The van der Waals surface area contributed by atoms with Gasteiger partial charge in [0.15, 0.2) is 0 Å². The minimum Gasteiger partial charge on any atom is -0.495 e. The van der Waals surface area contributed by atoms with Gasteiger partial charge in [-0.15, -0.1) is 23.2 Å². The van der Waals surface area contributed by atoms with Crippen molar-refractivity contribution in [1.29, 1.82) is 0 Å². The topological polar surface area (TPSA) is 51.5 Å². The first kappa shape index (κ1) is 15.6. The van der Waals surface area contributed by atoms with Crippen molar-refractivity contribution in [1.82, 2.24) is 0 Å². The SMILES string of the molecule is COc1cc2c(cc1NC(=O)C1(C)CC1(Cl)Cl)oc1ccccc12. The Morgan fingerprint density at radius 1 is 1.21 bits per heavy atom. The molecule has 0 radical (unpaired) electrons. The quantitative estimate of drug-likeness (QED) is 0.657. The van der Waals surface area contributed by atoms with Gasteiger partial charge >= 0.3 is 0 Å². The molecule has 24 heavy (non-hydrogen) atoms. The molecule has 6 heteroatoms. The van der Waals surface area contributed by atoms with Crippen molar-refractivity contribution >= 4 is 56.7 Å². The van der Waals surface area contributed by atoms with Crippen molar-refractivity contribution < 1.29 is 13.9 Å². The van der Waals surface area contributed by atoms with E-state index in [9.17, 15) is 4.79 Å². The molecule has 1 aliphatic carbocycles. The van der Waals surface area contributed by atoms with Crippen LogP contribution in [0, 0.1) is 5.41 Å². The largest absolute Gasteiger partial charge is 0.495 e. The maximum absolute atomic E-state index is 12.5. The molecule has 2 aromatic carbocycles. The number of rotatable bonds is 3. The molecule has 1 heterocycles. The summed E-state index contributed by atoms with van der Waals surface area (Å²) < 4.78 is 10.3. The second-order valence-electron chi connectivity index (χ2n) is 6.31. The van der Waals surface area contributed by atoms with Crippen molar-refractivity contribution in [3.63, 3.8) is 0 Å². The third kappa shape index (κ3) is 2.17.